The van der Waals surface area contributed by atoms with Gasteiger partial charge in [-0.3, -0.25) is 0 Å². The Balaban J connectivity index is 3.34. The van der Waals surface area contributed by atoms with Crippen molar-refractivity contribution in [3.63, 3.8) is 0 Å². The van der Waals surface area contributed by atoms with Crippen LogP contribution in [-0.4, -0.2) is 37.0 Å². The molecule has 1 aromatic rings. The number of hydrogen-bond acceptors (Lipinski definition) is 4. The SMILES string of the molecule is COc1cc(C=CCO)c(C(=O)O)cc1OC. The Bertz CT molecular complexity index is 437. The van der Waals surface area contributed by atoms with Crippen LogP contribution in [0.25, 0.3) is 6.08 Å². The monoisotopic (exact) mass is 238 g/mol. The summed E-state index contributed by atoms with van der Waals surface area (Å²) in [5.41, 5.74) is 0.538. The first kappa shape index (κ1) is 13.1. The highest BCUT2D eigenvalue weighted by Crippen LogP contribution is 2.31. The standard InChI is InChI=1S/C12H14O5/c1-16-10-6-8(4-3-5-13)9(12(14)15)7-11(10)17-2/h3-4,6-7,13H,5H2,1-2H3,(H,14,15). The van der Waals surface area contributed by atoms with Crippen molar-refractivity contribution < 1.29 is 24.5 Å². The second-order valence-electron chi connectivity index (χ2n) is 3.18. The number of methoxy groups -OCH3 is 2. The molecule has 0 heterocycles. The molecule has 17 heavy (non-hydrogen) atoms. The lowest BCUT2D eigenvalue weighted by Crippen LogP contribution is -2.02. The first-order valence-corrected chi connectivity index (χ1v) is 4.90. The molecule has 2 N–H and O–H groups in total. The minimum Gasteiger partial charge on any atom is -0.493 e. The van der Waals surface area contributed by atoms with Crippen LogP contribution in [0.1, 0.15) is 15.9 Å². The molecule has 5 heteroatoms. The number of hydrogen-bond donors (Lipinski definition) is 2. The molecule has 0 fully saturated rings. The van der Waals surface area contributed by atoms with Gasteiger partial charge >= 0.3 is 5.97 Å². The minimum absolute atomic E-state index is 0.0901. The third kappa shape index (κ3) is 2.98. The highest BCUT2D eigenvalue weighted by molar-refractivity contribution is 5.93. The number of ether oxygens (including phenoxy) is 2. The Kier molecular flexibility index (Phi) is 4.54. The predicted octanol–water partition coefficient (Wildman–Crippen LogP) is 1.41. The van der Waals surface area contributed by atoms with Gasteiger partial charge in [0, 0.05) is 0 Å². The second-order valence-corrected chi connectivity index (χ2v) is 3.18. The van der Waals surface area contributed by atoms with E-state index >= 15 is 0 Å². The van der Waals surface area contributed by atoms with Gasteiger partial charge in [0.15, 0.2) is 11.5 Å². The number of rotatable bonds is 5. The topological polar surface area (TPSA) is 76.0 Å². The van der Waals surface area contributed by atoms with Gasteiger partial charge in [-0.25, -0.2) is 4.79 Å². The fourth-order valence-corrected chi connectivity index (χ4v) is 1.40. The van der Waals surface area contributed by atoms with Crippen LogP contribution in [0.2, 0.25) is 0 Å². The number of benzene rings is 1. The number of carboxylic acid groups (broad SMARTS) is 1. The van der Waals surface area contributed by atoms with E-state index in [1.54, 1.807) is 6.07 Å². The quantitative estimate of drug-likeness (QED) is 0.811. The molecule has 0 aliphatic carbocycles. The molecule has 0 saturated heterocycles. The molecule has 0 radical (unpaired) electrons. The summed E-state index contributed by atoms with van der Waals surface area (Å²) in [6.07, 6.45) is 2.97. The summed E-state index contributed by atoms with van der Waals surface area (Å²) < 4.78 is 10.1. The van der Waals surface area contributed by atoms with Crippen molar-refractivity contribution in [3.8, 4) is 11.5 Å². The van der Waals surface area contributed by atoms with Crippen LogP contribution in [-0.2, 0) is 0 Å². The second kappa shape index (κ2) is 5.91. The van der Waals surface area contributed by atoms with Crippen LogP contribution in [0.5, 0.6) is 11.5 Å². The Morgan fingerprint density at radius 2 is 1.88 bits per heavy atom. The summed E-state index contributed by atoms with van der Waals surface area (Å²) in [4.78, 5) is 11.1. The van der Waals surface area contributed by atoms with E-state index in [2.05, 4.69) is 0 Å². The maximum Gasteiger partial charge on any atom is 0.336 e. The van der Waals surface area contributed by atoms with Crippen molar-refractivity contribution in [2.45, 2.75) is 0 Å². The lowest BCUT2D eigenvalue weighted by molar-refractivity contribution is 0.0696. The first-order valence-electron chi connectivity index (χ1n) is 4.90. The van der Waals surface area contributed by atoms with Crippen LogP contribution in [0.3, 0.4) is 0 Å². The molecule has 5 nitrogen and oxygen atoms in total. The van der Waals surface area contributed by atoms with E-state index in [0.717, 1.165) is 0 Å². The van der Waals surface area contributed by atoms with Gasteiger partial charge in [0.05, 0.1) is 26.4 Å². The van der Waals surface area contributed by atoms with E-state index in [9.17, 15) is 4.79 Å². The summed E-state index contributed by atoms with van der Waals surface area (Å²) in [5, 5.41) is 17.7. The zero-order valence-electron chi connectivity index (χ0n) is 9.64. The van der Waals surface area contributed by atoms with Crippen molar-refractivity contribution in [2.75, 3.05) is 20.8 Å². The Morgan fingerprint density at radius 3 is 2.35 bits per heavy atom. The third-order valence-electron chi connectivity index (χ3n) is 2.19. The number of carboxylic acids is 1. The average molecular weight is 238 g/mol. The van der Waals surface area contributed by atoms with Gasteiger partial charge in [-0.15, -0.1) is 0 Å². The Morgan fingerprint density at radius 1 is 1.29 bits per heavy atom. The molecule has 0 atom stereocenters. The first-order chi connectivity index (χ1) is 8.13. The number of aliphatic hydroxyl groups is 1. The summed E-state index contributed by atoms with van der Waals surface area (Å²) in [6, 6.07) is 2.94. The Labute approximate surface area is 98.9 Å². The average Bonchev–Trinajstić information content (AvgIpc) is 2.34. The van der Waals surface area contributed by atoms with Gasteiger partial charge < -0.3 is 19.7 Å². The largest absolute Gasteiger partial charge is 0.493 e. The molecule has 92 valence electrons. The molecule has 0 aromatic heterocycles. The lowest BCUT2D eigenvalue weighted by atomic mass is 10.1. The van der Waals surface area contributed by atoms with Crippen LogP contribution < -0.4 is 9.47 Å². The van der Waals surface area contributed by atoms with Crippen LogP contribution in [0.4, 0.5) is 0 Å². The molecule has 0 aliphatic rings. The van der Waals surface area contributed by atoms with Gasteiger partial charge in [0.1, 0.15) is 0 Å². The molecule has 0 saturated carbocycles. The maximum atomic E-state index is 11.1. The van der Waals surface area contributed by atoms with Crippen LogP contribution in [0, 0.1) is 0 Å². The molecular weight excluding hydrogens is 224 g/mol. The van der Waals surface area contributed by atoms with Crippen LogP contribution >= 0.6 is 0 Å². The normalized spacial score (nSPS) is 10.5. The minimum atomic E-state index is -1.07. The van der Waals surface area contributed by atoms with E-state index in [4.69, 9.17) is 19.7 Å². The van der Waals surface area contributed by atoms with Crippen molar-refractivity contribution in [1.82, 2.24) is 0 Å². The summed E-state index contributed by atoms with van der Waals surface area (Å²) >= 11 is 0. The number of carbonyl (C=O) groups is 1. The lowest BCUT2D eigenvalue weighted by Gasteiger charge is -2.10. The molecule has 1 aromatic carbocycles. The van der Waals surface area contributed by atoms with Crippen molar-refractivity contribution >= 4 is 12.0 Å². The van der Waals surface area contributed by atoms with E-state index < -0.39 is 5.97 Å². The van der Waals surface area contributed by atoms with E-state index in [0.29, 0.717) is 17.1 Å². The van der Waals surface area contributed by atoms with Crippen molar-refractivity contribution in [3.05, 3.63) is 29.3 Å². The fraction of sp³-hybridized carbons (Fsp3) is 0.250. The van der Waals surface area contributed by atoms with Crippen molar-refractivity contribution in [1.29, 1.82) is 0 Å². The third-order valence-corrected chi connectivity index (χ3v) is 2.19. The van der Waals surface area contributed by atoms with Gasteiger partial charge in [-0.05, 0) is 17.7 Å². The van der Waals surface area contributed by atoms with Gasteiger partial charge in [0.2, 0.25) is 0 Å². The van der Waals surface area contributed by atoms with Gasteiger partial charge in [-0.2, -0.15) is 0 Å². The highest BCUT2D eigenvalue weighted by atomic mass is 16.5. The molecule has 0 amide bonds. The van der Waals surface area contributed by atoms with E-state index in [1.807, 2.05) is 0 Å². The zero-order chi connectivity index (χ0) is 12.8. The van der Waals surface area contributed by atoms with Crippen molar-refractivity contribution in [2.24, 2.45) is 0 Å². The zero-order valence-corrected chi connectivity index (χ0v) is 9.64. The molecule has 0 bridgehead atoms. The smallest absolute Gasteiger partial charge is 0.336 e. The van der Waals surface area contributed by atoms with Gasteiger partial charge in [-0.1, -0.05) is 12.2 Å². The fourth-order valence-electron chi connectivity index (χ4n) is 1.40. The molecule has 0 unspecified atom stereocenters. The number of aliphatic hydroxyl groups excluding tert-OH is 1. The summed E-state index contributed by atoms with van der Waals surface area (Å²) in [5.74, 6) is -0.273. The van der Waals surface area contributed by atoms with E-state index in [-0.39, 0.29) is 12.2 Å². The predicted molar refractivity (Wildman–Crippen MR) is 62.6 cm³/mol. The van der Waals surface area contributed by atoms with Crippen LogP contribution in [0.15, 0.2) is 18.2 Å². The number of aromatic carboxylic acids is 1. The summed E-state index contributed by atoms with van der Waals surface area (Å²) in [7, 11) is 2.91. The highest BCUT2D eigenvalue weighted by Gasteiger charge is 2.14. The Hall–Kier alpha value is -2.01. The summed E-state index contributed by atoms with van der Waals surface area (Å²) in [6.45, 7) is -0.159. The molecule has 0 aliphatic heterocycles. The molecular formula is C12H14O5. The van der Waals surface area contributed by atoms with Gasteiger partial charge in [0.25, 0.3) is 0 Å². The molecule has 1 rings (SSSR count). The maximum absolute atomic E-state index is 11.1. The van der Waals surface area contributed by atoms with E-state index in [1.165, 1.54) is 32.4 Å². The molecule has 0 spiro atoms.